The number of benzene rings is 1. The van der Waals surface area contributed by atoms with Crippen LogP contribution < -0.4 is 9.16 Å². The summed E-state index contributed by atoms with van der Waals surface area (Å²) < 4.78 is 24.1. The molecule has 0 heterocycles. The Morgan fingerprint density at radius 2 is 1.54 bits per heavy atom. The van der Waals surface area contributed by atoms with Gasteiger partial charge in [0.2, 0.25) is 0 Å². The Bertz CT molecular complexity index is 1020. The second kappa shape index (κ2) is 13.6. The molecule has 1 atom stereocenters. The molecule has 0 unspecified atom stereocenters. The van der Waals surface area contributed by atoms with E-state index in [1.165, 1.54) is 14.0 Å². The van der Waals surface area contributed by atoms with Gasteiger partial charge in [-0.15, -0.1) is 0 Å². The number of carbonyl (C=O) groups excluding carboxylic acids is 3. The van der Waals surface area contributed by atoms with E-state index in [9.17, 15) is 14.4 Å². The van der Waals surface area contributed by atoms with Crippen LogP contribution in [-0.2, 0) is 20.4 Å². The fourth-order valence-corrected chi connectivity index (χ4v) is 6.12. The van der Waals surface area contributed by atoms with Gasteiger partial charge in [-0.1, -0.05) is 67.7 Å². The van der Waals surface area contributed by atoms with Crippen molar-refractivity contribution in [2.24, 2.45) is 0 Å². The van der Waals surface area contributed by atoms with E-state index in [-0.39, 0.29) is 38.8 Å². The average molecular weight is 581 g/mol. The molecule has 0 amide bonds. The minimum absolute atomic E-state index is 0.0116. The molecule has 1 aromatic carbocycles. The van der Waals surface area contributed by atoms with Crippen LogP contribution in [0.2, 0.25) is 36.3 Å². The van der Waals surface area contributed by atoms with Crippen molar-refractivity contribution in [3.8, 4) is 11.5 Å². The topological polar surface area (TPSA) is 88.1 Å². The molecule has 0 N–H and O–H groups in total. The maximum absolute atomic E-state index is 13.0. The van der Waals surface area contributed by atoms with Crippen LogP contribution in [0.5, 0.6) is 11.5 Å². The lowest BCUT2D eigenvalue weighted by atomic mass is 9.95. The third-order valence-electron chi connectivity index (χ3n) is 8.14. The molecule has 39 heavy (non-hydrogen) atoms. The molecule has 7 nitrogen and oxygen atoms in total. The molecule has 1 rings (SSSR count). The third kappa shape index (κ3) is 9.28. The van der Waals surface area contributed by atoms with Crippen LogP contribution in [0.25, 0.3) is 0 Å². The van der Waals surface area contributed by atoms with Gasteiger partial charge in [0.15, 0.2) is 20.4 Å². The van der Waals surface area contributed by atoms with Crippen LogP contribution >= 0.6 is 0 Å². The van der Waals surface area contributed by atoms with Crippen molar-refractivity contribution in [1.82, 2.24) is 0 Å². The zero-order chi connectivity index (χ0) is 30.4. The van der Waals surface area contributed by atoms with E-state index < -0.39 is 28.6 Å². The number of carbonyl (C=O) groups is 3. The van der Waals surface area contributed by atoms with Crippen molar-refractivity contribution in [3.63, 3.8) is 0 Å². The molecule has 222 valence electrons. The first kappa shape index (κ1) is 35.1. The van der Waals surface area contributed by atoms with E-state index >= 15 is 0 Å². The first-order chi connectivity index (χ1) is 17.7. The fraction of sp³-hybridized carbons (Fsp3) is 0.700. The van der Waals surface area contributed by atoms with Gasteiger partial charge in [-0.25, -0.2) is 4.79 Å². The highest BCUT2D eigenvalue weighted by molar-refractivity contribution is 6.75. The normalized spacial score (nSPS) is 13.6. The van der Waals surface area contributed by atoms with Gasteiger partial charge in [-0.3, -0.25) is 9.59 Å². The molecule has 0 saturated heterocycles. The van der Waals surface area contributed by atoms with Crippen LogP contribution in [0, 0.1) is 0 Å². The SMILES string of the molecule is CCCCC[C@H](Cc1cc(O[Si](C)(C)C(C)(C)C)c(C(=O)OC)c(OC(C)=O)c1C=O)O[Si](C)(C)C(C)(C)C. The average Bonchev–Trinajstić information content (AvgIpc) is 2.76. The number of hydrogen-bond acceptors (Lipinski definition) is 7. The smallest absolute Gasteiger partial charge is 0.345 e. The highest BCUT2D eigenvalue weighted by Gasteiger charge is 2.42. The van der Waals surface area contributed by atoms with Crippen LogP contribution in [0.4, 0.5) is 0 Å². The van der Waals surface area contributed by atoms with Crippen molar-refractivity contribution >= 4 is 34.9 Å². The zero-order valence-corrected chi connectivity index (χ0v) is 28.6. The lowest BCUT2D eigenvalue weighted by Crippen LogP contribution is -2.45. The summed E-state index contributed by atoms with van der Waals surface area (Å²) in [6.45, 7) is 24.9. The molecule has 0 fully saturated rings. The van der Waals surface area contributed by atoms with E-state index in [0.29, 0.717) is 18.3 Å². The number of unbranched alkanes of at least 4 members (excludes halogenated alkanes) is 2. The molecular weight excluding hydrogens is 528 g/mol. The maximum Gasteiger partial charge on any atom is 0.345 e. The van der Waals surface area contributed by atoms with Gasteiger partial charge < -0.3 is 18.3 Å². The molecule has 0 saturated carbocycles. The highest BCUT2D eigenvalue weighted by atomic mass is 28.4. The zero-order valence-electron chi connectivity index (χ0n) is 26.6. The Morgan fingerprint density at radius 3 is 1.97 bits per heavy atom. The minimum Gasteiger partial charge on any atom is -0.543 e. The number of aldehydes is 1. The number of rotatable bonds is 13. The Morgan fingerprint density at radius 1 is 0.974 bits per heavy atom. The molecule has 0 aliphatic heterocycles. The highest BCUT2D eigenvalue weighted by Crippen LogP contribution is 2.43. The number of hydrogen-bond donors (Lipinski definition) is 0. The molecule has 0 aromatic heterocycles. The second-order valence-corrected chi connectivity index (χ2v) is 22.9. The first-order valence-electron chi connectivity index (χ1n) is 14.0. The third-order valence-corrected chi connectivity index (χ3v) is 17.0. The van der Waals surface area contributed by atoms with Gasteiger partial charge in [0, 0.05) is 13.0 Å². The molecule has 1 aromatic rings. The van der Waals surface area contributed by atoms with Crippen LogP contribution in [0.15, 0.2) is 6.07 Å². The summed E-state index contributed by atoms with van der Waals surface area (Å²) in [4.78, 5) is 37.7. The summed E-state index contributed by atoms with van der Waals surface area (Å²) in [6.07, 6.45) is 4.92. The first-order valence-corrected chi connectivity index (χ1v) is 19.8. The van der Waals surface area contributed by atoms with Gasteiger partial charge in [-0.05, 0) is 60.7 Å². The molecular formula is C30H52O7Si2. The Labute approximate surface area is 238 Å². The van der Waals surface area contributed by atoms with Gasteiger partial charge in [0.25, 0.3) is 8.32 Å². The lowest BCUT2D eigenvalue weighted by Gasteiger charge is -2.40. The van der Waals surface area contributed by atoms with Crippen molar-refractivity contribution in [1.29, 1.82) is 0 Å². The lowest BCUT2D eigenvalue weighted by molar-refractivity contribution is -0.131. The fourth-order valence-electron chi connectivity index (χ4n) is 3.72. The monoisotopic (exact) mass is 580 g/mol. The number of esters is 2. The van der Waals surface area contributed by atoms with E-state index in [4.69, 9.17) is 18.3 Å². The molecule has 0 spiro atoms. The van der Waals surface area contributed by atoms with Gasteiger partial charge in [0.05, 0.1) is 12.7 Å². The van der Waals surface area contributed by atoms with Crippen LogP contribution in [0.1, 0.15) is 107 Å². The Hall–Kier alpha value is -1.98. The van der Waals surface area contributed by atoms with Crippen molar-refractivity contribution in [2.75, 3.05) is 7.11 Å². The van der Waals surface area contributed by atoms with Gasteiger partial charge >= 0.3 is 11.9 Å². The number of ether oxygens (including phenoxy) is 2. The van der Waals surface area contributed by atoms with E-state index in [1.807, 2.05) is 0 Å². The maximum atomic E-state index is 13.0. The summed E-state index contributed by atoms with van der Waals surface area (Å²) in [5.74, 6) is -1.22. The van der Waals surface area contributed by atoms with Crippen molar-refractivity contribution in [3.05, 3.63) is 22.8 Å². The molecule has 0 aliphatic rings. The molecule has 0 aliphatic carbocycles. The summed E-state index contributed by atoms with van der Waals surface area (Å²) in [6, 6.07) is 1.76. The van der Waals surface area contributed by atoms with Gasteiger partial charge in [0.1, 0.15) is 11.3 Å². The molecule has 9 heteroatoms. The summed E-state index contributed by atoms with van der Waals surface area (Å²) in [5.41, 5.74) is 0.728. The van der Waals surface area contributed by atoms with Crippen LogP contribution in [0.3, 0.4) is 0 Å². The Kier molecular flexibility index (Phi) is 12.2. The molecule has 0 radical (unpaired) electrons. The summed E-state index contributed by atoms with van der Waals surface area (Å²) in [5, 5.41) is -0.155. The van der Waals surface area contributed by atoms with Crippen LogP contribution in [-0.4, -0.2) is 48.1 Å². The molecule has 0 bridgehead atoms. The van der Waals surface area contributed by atoms with Crippen molar-refractivity contribution in [2.45, 2.75) is 130 Å². The van der Waals surface area contributed by atoms with E-state index in [1.54, 1.807) is 6.07 Å². The minimum atomic E-state index is -2.44. The quantitative estimate of drug-likeness (QED) is 0.0765. The Balaban J connectivity index is 3.89. The van der Waals surface area contributed by atoms with Gasteiger partial charge in [-0.2, -0.15) is 0 Å². The number of methoxy groups -OCH3 is 1. The predicted molar refractivity (Wildman–Crippen MR) is 162 cm³/mol. The second-order valence-electron chi connectivity index (χ2n) is 13.4. The standard InChI is InChI=1S/C30H52O7Si2/c1-14-15-16-17-23(36-38(10,11)29(3,4)5)18-22-19-25(37-39(12,13)30(6,7)8)26(28(33)34-9)27(24(22)20-31)35-21(2)32/h19-20,23H,14-18H2,1-13H3/t23-/m1/s1. The predicted octanol–water partition coefficient (Wildman–Crippen LogP) is 8.11. The van der Waals surface area contributed by atoms with E-state index in [0.717, 1.165) is 25.7 Å². The largest absolute Gasteiger partial charge is 0.543 e. The summed E-state index contributed by atoms with van der Waals surface area (Å²) in [7, 11) is -3.32. The van der Waals surface area contributed by atoms with Crippen molar-refractivity contribution < 1.29 is 32.7 Å². The summed E-state index contributed by atoms with van der Waals surface area (Å²) >= 11 is 0. The van der Waals surface area contributed by atoms with E-state index in [2.05, 4.69) is 74.7 Å².